The molecule has 0 bridgehead atoms. The van der Waals surface area contributed by atoms with Crippen LogP contribution in [0.2, 0.25) is 0 Å². The molecule has 2 rings (SSSR count). The topological polar surface area (TPSA) is 35.6 Å². The second-order valence-corrected chi connectivity index (χ2v) is 6.18. The molecule has 5 heteroatoms. The fourth-order valence-corrected chi connectivity index (χ4v) is 2.50. The van der Waals surface area contributed by atoms with Crippen LogP contribution < -0.4 is 5.32 Å². The van der Waals surface area contributed by atoms with Crippen molar-refractivity contribution in [3.63, 3.8) is 0 Å². The molecule has 1 aliphatic heterocycles. The normalized spacial score (nSPS) is 15.7. The molecule has 1 saturated heterocycles. The molecule has 0 saturated carbocycles. The zero-order valence-corrected chi connectivity index (χ0v) is 14.7. The van der Waals surface area contributed by atoms with E-state index in [1.165, 1.54) is 11.1 Å². The molecule has 22 heavy (non-hydrogen) atoms. The summed E-state index contributed by atoms with van der Waals surface area (Å²) in [5.74, 6) is 0.771. The number of likely N-dealkylation sites (N-methyl/N-ethyl adjacent to an activating group) is 1. The van der Waals surface area contributed by atoms with Gasteiger partial charge in [-0.25, -0.2) is 0 Å². The summed E-state index contributed by atoms with van der Waals surface area (Å²) in [7, 11) is 2.10. The molecule has 1 fully saturated rings. The molecule has 1 aromatic rings. The molecule has 0 aliphatic carbocycles. The van der Waals surface area contributed by atoms with Gasteiger partial charge in [0.15, 0.2) is 0 Å². The van der Waals surface area contributed by atoms with E-state index < -0.39 is 0 Å². The Balaban J connectivity index is 0.00000242. The van der Waals surface area contributed by atoms with E-state index in [0.29, 0.717) is 12.5 Å². The van der Waals surface area contributed by atoms with Crippen LogP contribution in [0.5, 0.6) is 0 Å². The van der Waals surface area contributed by atoms with Gasteiger partial charge in [0.25, 0.3) is 0 Å². The van der Waals surface area contributed by atoms with Crippen LogP contribution in [-0.4, -0.2) is 55.5 Å². The third-order valence-corrected chi connectivity index (χ3v) is 4.11. The highest BCUT2D eigenvalue weighted by atomic mass is 35.5. The third kappa shape index (κ3) is 5.59. The average Bonchev–Trinajstić information content (AvgIpc) is 2.48. The number of amides is 1. The van der Waals surface area contributed by atoms with Crippen LogP contribution in [0.25, 0.3) is 0 Å². The van der Waals surface area contributed by atoms with Crippen molar-refractivity contribution in [1.29, 1.82) is 0 Å². The molecule has 0 spiro atoms. The van der Waals surface area contributed by atoms with Gasteiger partial charge < -0.3 is 15.1 Å². The summed E-state index contributed by atoms with van der Waals surface area (Å²) in [6.07, 6.45) is 0. The molecule has 4 nitrogen and oxygen atoms in total. The van der Waals surface area contributed by atoms with Crippen LogP contribution >= 0.6 is 12.4 Å². The van der Waals surface area contributed by atoms with Crippen LogP contribution in [0.15, 0.2) is 24.3 Å². The monoisotopic (exact) mass is 325 g/mol. The Morgan fingerprint density at radius 1 is 1.14 bits per heavy atom. The highest BCUT2D eigenvalue weighted by Gasteiger charge is 2.18. The first-order valence-electron chi connectivity index (χ1n) is 7.82. The van der Waals surface area contributed by atoms with Gasteiger partial charge >= 0.3 is 0 Å². The minimum atomic E-state index is 0. The van der Waals surface area contributed by atoms with E-state index in [2.05, 4.69) is 55.4 Å². The molecule has 1 heterocycles. The number of benzene rings is 1. The molecular formula is C17H28ClN3O. The summed E-state index contributed by atoms with van der Waals surface area (Å²) < 4.78 is 0. The first-order chi connectivity index (χ1) is 10.1. The highest BCUT2D eigenvalue weighted by Crippen LogP contribution is 2.14. The quantitative estimate of drug-likeness (QED) is 0.900. The van der Waals surface area contributed by atoms with Crippen LogP contribution in [0.3, 0.4) is 0 Å². The van der Waals surface area contributed by atoms with Crippen molar-refractivity contribution in [3.05, 3.63) is 35.4 Å². The molecule has 1 amide bonds. The van der Waals surface area contributed by atoms with Crippen LogP contribution in [0, 0.1) is 0 Å². The third-order valence-electron chi connectivity index (χ3n) is 4.11. The van der Waals surface area contributed by atoms with E-state index in [1.807, 2.05) is 4.90 Å². The molecule has 0 atom stereocenters. The standard InChI is InChI=1S/C17H27N3O.ClH/c1-14(2)16-6-4-15(5-7-16)12-18-13-17(21)20-10-8-19(3)9-11-20;/h4-7,14,18H,8-13H2,1-3H3;1H. The number of nitrogens with zero attached hydrogens (tertiary/aromatic N) is 2. The van der Waals surface area contributed by atoms with Gasteiger partial charge in [0.2, 0.25) is 5.91 Å². The zero-order valence-electron chi connectivity index (χ0n) is 13.8. The highest BCUT2D eigenvalue weighted by molar-refractivity contribution is 5.85. The van der Waals surface area contributed by atoms with Crippen LogP contribution in [0.1, 0.15) is 30.9 Å². The largest absolute Gasteiger partial charge is 0.339 e. The maximum Gasteiger partial charge on any atom is 0.236 e. The van der Waals surface area contributed by atoms with Gasteiger partial charge in [-0.2, -0.15) is 0 Å². The van der Waals surface area contributed by atoms with Gasteiger partial charge in [0, 0.05) is 32.7 Å². The zero-order chi connectivity index (χ0) is 15.2. The van der Waals surface area contributed by atoms with Gasteiger partial charge in [0.05, 0.1) is 6.54 Å². The number of hydrogen-bond acceptors (Lipinski definition) is 3. The fraction of sp³-hybridized carbons (Fsp3) is 0.588. The second-order valence-electron chi connectivity index (χ2n) is 6.18. The molecule has 0 radical (unpaired) electrons. The van der Waals surface area contributed by atoms with E-state index in [-0.39, 0.29) is 18.3 Å². The van der Waals surface area contributed by atoms with E-state index >= 15 is 0 Å². The molecule has 1 aromatic carbocycles. The SMILES string of the molecule is CC(C)c1ccc(CNCC(=O)N2CCN(C)CC2)cc1.Cl. The van der Waals surface area contributed by atoms with Gasteiger partial charge in [-0.3, -0.25) is 4.79 Å². The number of nitrogens with one attached hydrogen (secondary N) is 1. The molecule has 1 N–H and O–H groups in total. The number of halogens is 1. The minimum Gasteiger partial charge on any atom is -0.339 e. The number of carbonyl (C=O) groups excluding carboxylic acids is 1. The summed E-state index contributed by atoms with van der Waals surface area (Å²) in [6, 6.07) is 8.62. The van der Waals surface area contributed by atoms with Crippen LogP contribution in [0.4, 0.5) is 0 Å². The average molecular weight is 326 g/mol. The molecule has 0 aromatic heterocycles. The van der Waals surface area contributed by atoms with Crippen molar-refractivity contribution in [3.8, 4) is 0 Å². The van der Waals surface area contributed by atoms with Gasteiger partial charge in [0.1, 0.15) is 0 Å². The van der Waals surface area contributed by atoms with Crippen molar-refractivity contribution in [1.82, 2.24) is 15.1 Å². The Labute approximate surface area is 140 Å². The molecular weight excluding hydrogens is 298 g/mol. The van der Waals surface area contributed by atoms with E-state index in [0.717, 1.165) is 32.7 Å². The van der Waals surface area contributed by atoms with Gasteiger partial charge in [-0.15, -0.1) is 12.4 Å². The lowest BCUT2D eigenvalue weighted by atomic mass is 10.0. The van der Waals surface area contributed by atoms with Gasteiger partial charge in [-0.05, 0) is 24.1 Å². The maximum atomic E-state index is 12.1. The first-order valence-corrected chi connectivity index (χ1v) is 7.82. The van der Waals surface area contributed by atoms with Crippen molar-refractivity contribution in [2.24, 2.45) is 0 Å². The molecule has 0 unspecified atom stereocenters. The Kier molecular flexibility index (Phi) is 7.87. The first kappa shape index (κ1) is 18.9. The Hall–Kier alpha value is -1.10. The Morgan fingerprint density at radius 3 is 2.27 bits per heavy atom. The fourth-order valence-electron chi connectivity index (χ4n) is 2.50. The summed E-state index contributed by atoms with van der Waals surface area (Å²) in [5, 5.41) is 3.25. The predicted molar refractivity (Wildman–Crippen MR) is 93.6 cm³/mol. The molecule has 124 valence electrons. The number of carbonyl (C=O) groups is 1. The summed E-state index contributed by atoms with van der Waals surface area (Å²) >= 11 is 0. The lowest BCUT2D eigenvalue weighted by molar-refractivity contribution is -0.131. The lowest BCUT2D eigenvalue weighted by Gasteiger charge is -2.32. The van der Waals surface area contributed by atoms with Crippen molar-refractivity contribution in [2.45, 2.75) is 26.3 Å². The number of rotatable bonds is 5. The van der Waals surface area contributed by atoms with E-state index in [9.17, 15) is 4.79 Å². The summed E-state index contributed by atoms with van der Waals surface area (Å²) in [6.45, 7) is 9.21. The van der Waals surface area contributed by atoms with Crippen molar-refractivity contribution >= 4 is 18.3 Å². The van der Waals surface area contributed by atoms with E-state index in [1.54, 1.807) is 0 Å². The summed E-state index contributed by atoms with van der Waals surface area (Å²) in [4.78, 5) is 16.3. The molecule has 1 aliphatic rings. The number of piperazine rings is 1. The predicted octanol–water partition coefficient (Wildman–Crippen LogP) is 2.10. The smallest absolute Gasteiger partial charge is 0.236 e. The second kappa shape index (κ2) is 9.13. The van der Waals surface area contributed by atoms with Crippen molar-refractivity contribution in [2.75, 3.05) is 39.8 Å². The lowest BCUT2D eigenvalue weighted by Crippen LogP contribution is -2.49. The Bertz CT molecular complexity index is 453. The van der Waals surface area contributed by atoms with E-state index in [4.69, 9.17) is 0 Å². The van der Waals surface area contributed by atoms with Crippen molar-refractivity contribution < 1.29 is 4.79 Å². The summed E-state index contributed by atoms with van der Waals surface area (Å²) in [5.41, 5.74) is 2.58. The maximum absolute atomic E-state index is 12.1. The Morgan fingerprint density at radius 2 is 1.73 bits per heavy atom. The minimum absolute atomic E-state index is 0. The number of hydrogen-bond donors (Lipinski definition) is 1. The van der Waals surface area contributed by atoms with Gasteiger partial charge in [-0.1, -0.05) is 38.1 Å². The van der Waals surface area contributed by atoms with Crippen LogP contribution in [-0.2, 0) is 11.3 Å².